The summed E-state index contributed by atoms with van der Waals surface area (Å²) < 4.78 is 25.8. The smallest absolute Gasteiger partial charge is 0.270 e. The van der Waals surface area contributed by atoms with Crippen LogP contribution in [0.2, 0.25) is 0 Å². The summed E-state index contributed by atoms with van der Waals surface area (Å²) in [6.45, 7) is 2.39. The maximum atomic E-state index is 12.0. The lowest BCUT2D eigenvalue weighted by molar-refractivity contribution is -0.385. The average Bonchev–Trinajstić information content (AvgIpc) is 2.85. The van der Waals surface area contributed by atoms with E-state index in [1.807, 2.05) is 11.6 Å². The van der Waals surface area contributed by atoms with Crippen molar-refractivity contribution in [1.29, 1.82) is 0 Å². The number of non-ortho nitro benzene ring substituents is 1. The van der Waals surface area contributed by atoms with Gasteiger partial charge in [0.2, 0.25) is 0 Å². The molecule has 0 bridgehead atoms. The van der Waals surface area contributed by atoms with Gasteiger partial charge in [0.05, 0.1) is 22.1 Å². The van der Waals surface area contributed by atoms with Crippen molar-refractivity contribution >= 4 is 21.2 Å². The number of rotatable bonds is 4. The van der Waals surface area contributed by atoms with E-state index >= 15 is 0 Å². The number of nitrogens with one attached hydrogen (secondary N) is 1. The summed E-state index contributed by atoms with van der Waals surface area (Å²) in [4.78, 5) is 14.5. The van der Waals surface area contributed by atoms with Crippen LogP contribution >= 0.6 is 0 Å². The number of hydrogen-bond donors (Lipinski definition) is 1. The van der Waals surface area contributed by atoms with Crippen LogP contribution in [0.15, 0.2) is 23.1 Å². The highest BCUT2D eigenvalue weighted by Gasteiger charge is 2.24. The van der Waals surface area contributed by atoms with Crippen LogP contribution in [0.25, 0.3) is 0 Å². The Morgan fingerprint density at radius 3 is 2.83 bits per heavy atom. The molecule has 1 N–H and O–H groups in total. The highest BCUT2D eigenvalue weighted by molar-refractivity contribution is 7.90. The lowest BCUT2D eigenvalue weighted by Gasteiger charge is -2.25. The minimum absolute atomic E-state index is 0.0273. The van der Waals surface area contributed by atoms with E-state index in [1.54, 1.807) is 0 Å². The lowest BCUT2D eigenvalue weighted by Crippen LogP contribution is -2.32. The minimum atomic E-state index is -3.60. The van der Waals surface area contributed by atoms with Gasteiger partial charge in [0.25, 0.3) is 5.69 Å². The maximum absolute atomic E-state index is 12.0. The summed E-state index contributed by atoms with van der Waals surface area (Å²) in [5.41, 5.74) is 0.118. The third-order valence-electron chi connectivity index (χ3n) is 3.90. The van der Waals surface area contributed by atoms with Gasteiger partial charge in [-0.3, -0.25) is 10.1 Å². The summed E-state index contributed by atoms with van der Waals surface area (Å²) in [5, 5.41) is 18.4. The Kier molecular flexibility index (Phi) is 3.99. The first-order valence-corrected chi connectivity index (χ1v) is 9.28. The molecule has 10 heteroatoms. The van der Waals surface area contributed by atoms with Crippen LogP contribution < -0.4 is 5.32 Å². The monoisotopic (exact) mass is 351 g/mol. The van der Waals surface area contributed by atoms with Gasteiger partial charge in [-0.25, -0.2) is 18.1 Å². The molecule has 1 unspecified atom stereocenters. The molecule has 0 spiro atoms. The normalized spacial score (nSPS) is 17.3. The molecule has 0 fully saturated rings. The summed E-state index contributed by atoms with van der Waals surface area (Å²) in [6.07, 6.45) is 2.55. The quantitative estimate of drug-likeness (QED) is 0.651. The molecule has 1 atom stereocenters. The van der Waals surface area contributed by atoms with E-state index in [0.717, 1.165) is 31.0 Å². The van der Waals surface area contributed by atoms with E-state index < -0.39 is 14.8 Å². The summed E-state index contributed by atoms with van der Waals surface area (Å²) in [5.74, 6) is 1.62. The van der Waals surface area contributed by atoms with Crippen LogP contribution in [-0.4, -0.2) is 40.4 Å². The average molecular weight is 351 g/mol. The second-order valence-corrected chi connectivity index (χ2v) is 7.83. The predicted molar refractivity (Wildman–Crippen MR) is 86.7 cm³/mol. The fraction of sp³-hybridized carbons (Fsp3) is 0.429. The molecule has 128 valence electrons. The number of aromatic nitrogens is 3. The van der Waals surface area contributed by atoms with Gasteiger partial charge in [-0.1, -0.05) is 0 Å². The number of fused-ring (bicyclic) bond motifs is 1. The van der Waals surface area contributed by atoms with Gasteiger partial charge in [-0.2, -0.15) is 5.10 Å². The highest BCUT2D eigenvalue weighted by Crippen LogP contribution is 2.28. The topological polar surface area (TPSA) is 120 Å². The molecule has 0 amide bonds. The molecule has 3 rings (SSSR count). The van der Waals surface area contributed by atoms with E-state index in [4.69, 9.17) is 0 Å². The maximum Gasteiger partial charge on any atom is 0.270 e. The zero-order valence-corrected chi connectivity index (χ0v) is 14.1. The number of sulfone groups is 1. The van der Waals surface area contributed by atoms with Crippen LogP contribution in [-0.2, 0) is 22.8 Å². The highest BCUT2D eigenvalue weighted by atomic mass is 32.2. The standard InChI is InChI=1S/C14H17N5O4S/c1-9-15-14-6-3-10(8-18(14)17-9)16-12-5-4-11(19(20)21)7-13(12)24(2,22)23/h4-5,7,10,16H,3,6,8H2,1-2H3. The molecule has 0 saturated carbocycles. The minimum Gasteiger partial charge on any atom is -0.379 e. The molecule has 1 aromatic carbocycles. The van der Waals surface area contributed by atoms with Crippen LogP contribution in [0.1, 0.15) is 18.1 Å². The molecule has 1 aliphatic rings. The number of nitro groups is 1. The third kappa shape index (κ3) is 3.23. The van der Waals surface area contributed by atoms with Gasteiger partial charge in [0.15, 0.2) is 9.84 Å². The van der Waals surface area contributed by atoms with Crippen LogP contribution in [0.4, 0.5) is 11.4 Å². The second kappa shape index (κ2) is 5.86. The van der Waals surface area contributed by atoms with E-state index in [1.165, 1.54) is 12.1 Å². The molecule has 2 aromatic rings. The fourth-order valence-electron chi connectivity index (χ4n) is 2.82. The Balaban J connectivity index is 1.89. The molecule has 0 saturated heterocycles. The van der Waals surface area contributed by atoms with Gasteiger partial charge in [0, 0.05) is 30.9 Å². The largest absolute Gasteiger partial charge is 0.379 e. The van der Waals surface area contributed by atoms with Gasteiger partial charge in [-0.15, -0.1) is 0 Å². The molecule has 0 radical (unpaired) electrons. The first kappa shape index (κ1) is 16.4. The number of nitro benzene ring substituents is 1. The Morgan fingerprint density at radius 2 is 2.17 bits per heavy atom. The lowest BCUT2D eigenvalue weighted by atomic mass is 10.1. The third-order valence-corrected chi connectivity index (χ3v) is 5.04. The van der Waals surface area contributed by atoms with Crippen LogP contribution in [0.5, 0.6) is 0 Å². The molecule has 0 aliphatic carbocycles. The number of anilines is 1. The number of aryl methyl sites for hydroxylation is 2. The molecule has 1 aliphatic heterocycles. The Labute approximate surface area is 138 Å². The molecule has 9 nitrogen and oxygen atoms in total. The van der Waals surface area contributed by atoms with Gasteiger partial charge in [-0.05, 0) is 19.4 Å². The van der Waals surface area contributed by atoms with Crippen molar-refractivity contribution in [1.82, 2.24) is 14.8 Å². The molecular formula is C14H17N5O4S. The predicted octanol–water partition coefficient (Wildman–Crippen LogP) is 1.33. The van der Waals surface area contributed by atoms with Crippen molar-refractivity contribution in [2.24, 2.45) is 0 Å². The van der Waals surface area contributed by atoms with E-state index in [2.05, 4.69) is 15.4 Å². The Bertz CT molecular complexity index is 906. The molecule has 24 heavy (non-hydrogen) atoms. The van der Waals surface area contributed by atoms with Crippen molar-refractivity contribution in [3.8, 4) is 0 Å². The van der Waals surface area contributed by atoms with Crippen molar-refractivity contribution in [3.63, 3.8) is 0 Å². The van der Waals surface area contributed by atoms with Crippen molar-refractivity contribution < 1.29 is 13.3 Å². The van der Waals surface area contributed by atoms with E-state index in [9.17, 15) is 18.5 Å². The van der Waals surface area contributed by atoms with Crippen molar-refractivity contribution in [2.45, 2.75) is 37.2 Å². The molecular weight excluding hydrogens is 334 g/mol. The van der Waals surface area contributed by atoms with Crippen molar-refractivity contribution in [2.75, 3.05) is 11.6 Å². The first-order chi connectivity index (χ1) is 11.2. The summed E-state index contributed by atoms with van der Waals surface area (Å²) in [6, 6.07) is 3.80. The van der Waals surface area contributed by atoms with E-state index in [0.29, 0.717) is 18.1 Å². The number of nitrogens with zero attached hydrogens (tertiary/aromatic N) is 4. The van der Waals surface area contributed by atoms with Crippen molar-refractivity contribution in [3.05, 3.63) is 40.0 Å². The van der Waals surface area contributed by atoms with Crippen LogP contribution in [0.3, 0.4) is 0 Å². The zero-order chi connectivity index (χ0) is 17.5. The first-order valence-electron chi connectivity index (χ1n) is 7.39. The zero-order valence-electron chi connectivity index (χ0n) is 13.3. The molecule has 1 aromatic heterocycles. The van der Waals surface area contributed by atoms with Gasteiger partial charge >= 0.3 is 0 Å². The van der Waals surface area contributed by atoms with Crippen LogP contribution in [0, 0.1) is 17.0 Å². The Hall–Kier alpha value is -2.49. The Morgan fingerprint density at radius 1 is 1.42 bits per heavy atom. The number of benzene rings is 1. The molecule has 2 heterocycles. The SMILES string of the molecule is Cc1nc2n(n1)CC(Nc1ccc([N+](=O)[O-])cc1S(C)(=O)=O)CC2. The fourth-order valence-corrected chi connectivity index (χ4v) is 3.68. The van der Waals surface area contributed by atoms with Gasteiger partial charge < -0.3 is 5.32 Å². The summed E-state index contributed by atoms with van der Waals surface area (Å²) >= 11 is 0. The number of hydrogen-bond acceptors (Lipinski definition) is 7. The second-order valence-electron chi connectivity index (χ2n) is 5.85. The summed E-state index contributed by atoms with van der Waals surface area (Å²) in [7, 11) is -3.60. The van der Waals surface area contributed by atoms with E-state index in [-0.39, 0.29) is 16.6 Å². The van der Waals surface area contributed by atoms with Gasteiger partial charge in [0.1, 0.15) is 11.6 Å².